The van der Waals surface area contributed by atoms with Crippen LogP contribution in [-0.4, -0.2) is 84.0 Å². The molecule has 10 heteroatoms. The second-order valence-electron chi connectivity index (χ2n) is 9.70. The Bertz CT molecular complexity index is 1190. The van der Waals surface area contributed by atoms with Gasteiger partial charge in [-0.2, -0.15) is 5.26 Å². The van der Waals surface area contributed by atoms with E-state index in [9.17, 15) is 23.6 Å². The van der Waals surface area contributed by atoms with Crippen LogP contribution in [0, 0.1) is 28.4 Å². The second kappa shape index (κ2) is 10.2. The molecule has 3 amide bonds. The first kappa shape index (κ1) is 25.6. The quantitative estimate of drug-likeness (QED) is 0.639. The number of halogens is 2. The summed E-state index contributed by atoms with van der Waals surface area (Å²) in [7, 11) is 0. The number of benzene rings is 1. The third-order valence-electron chi connectivity index (χ3n) is 7.42. The molecule has 2 aliphatic heterocycles. The normalized spacial score (nSPS) is 17.7. The first-order valence-electron chi connectivity index (χ1n) is 12.5. The van der Waals surface area contributed by atoms with E-state index < -0.39 is 17.0 Å². The van der Waals surface area contributed by atoms with E-state index in [0.717, 1.165) is 6.07 Å². The molecule has 1 aromatic carbocycles. The lowest BCUT2D eigenvalue weighted by Crippen LogP contribution is -2.54. The first-order valence-corrected chi connectivity index (χ1v) is 12.5. The molecule has 36 heavy (non-hydrogen) atoms. The van der Waals surface area contributed by atoms with Crippen molar-refractivity contribution in [2.24, 2.45) is 5.41 Å². The smallest absolute Gasteiger partial charge is 0.320 e. The molecule has 0 radical (unpaired) electrons. The molecule has 0 unspecified atom stereocenters. The molecule has 8 nitrogen and oxygen atoms in total. The molecule has 0 bridgehead atoms. The molecule has 0 saturated carbocycles. The molecular formula is C26H32F2N6O2. The van der Waals surface area contributed by atoms with Gasteiger partial charge in [0, 0.05) is 70.0 Å². The van der Waals surface area contributed by atoms with Crippen molar-refractivity contribution in [3.05, 3.63) is 35.5 Å². The Balaban J connectivity index is 1.64. The molecule has 192 valence electrons. The Morgan fingerprint density at radius 1 is 1.06 bits per heavy atom. The van der Waals surface area contributed by atoms with Gasteiger partial charge in [-0.3, -0.25) is 9.78 Å². The Morgan fingerprint density at radius 3 is 2.25 bits per heavy atom. The van der Waals surface area contributed by atoms with Crippen LogP contribution in [0.1, 0.15) is 44.0 Å². The summed E-state index contributed by atoms with van der Waals surface area (Å²) in [4.78, 5) is 37.7. The summed E-state index contributed by atoms with van der Waals surface area (Å²) in [5, 5.41) is 9.77. The summed E-state index contributed by atoms with van der Waals surface area (Å²) in [6.45, 7) is 9.49. The SMILES string of the molecule is CCN(CC)C(=O)N1CCN(C(=O)c2cnc3c(F)cc(F)cc3c2N2CCC(C)(C#N)CC2)CC1. The standard InChI is InChI=1S/C26H32F2N6O2/c1-4-31(5-2)25(36)34-12-10-33(11-13-34)24(35)20-16-30-22-19(14-18(27)15-21(22)28)23(20)32-8-6-26(3,17-29)7-9-32/h14-16H,4-13H2,1-3H3. The van der Waals surface area contributed by atoms with Gasteiger partial charge in [-0.15, -0.1) is 0 Å². The summed E-state index contributed by atoms with van der Waals surface area (Å²) in [6.07, 6.45) is 2.52. The van der Waals surface area contributed by atoms with E-state index in [2.05, 4.69) is 11.1 Å². The zero-order valence-corrected chi connectivity index (χ0v) is 21.1. The second-order valence-corrected chi connectivity index (χ2v) is 9.70. The van der Waals surface area contributed by atoms with Crippen molar-refractivity contribution in [1.82, 2.24) is 19.7 Å². The highest BCUT2D eigenvalue weighted by Crippen LogP contribution is 2.38. The number of piperazine rings is 1. The number of hydrogen-bond acceptors (Lipinski definition) is 5. The van der Waals surface area contributed by atoms with Crippen LogP contribution >= 0.6 is 0 Å². The highest BCUT2D eigenvalue weighted by Gasteiger charge is 2.34. The third-order valence-corrected chi connectivity index (χ3v) is 7.42. The van der Waals surface area contributed by atoms with Gasteiger partial charge in [0.05, 0.1) is 22.7 Å². The number of anilines is 1. The van der Waals surface area contributed by atoms with E-state index in [-0.39, 0.29) is 28.4 Å². The van der Waals surface area contributed by atoms with Crippen LogP contribution in [-0.2, 0) is 0 Å². The summed E-state index contributed by atoms with van der Waals surface area (Å²) < 4.78 is 28.9. The number of rotatable bonds is 4. The molecule has 2 aliphatic rings. The minimum absolute atomic E-state index is 0.00575. The van der Waals surface area contributed by atoms with Gasteiger partial charge in [0.1, 0.15) is 11.3 Å². The molecule has 0 atom stereocenters. The number of aromatic nitrogens is 1. The number of urea groups is 1. The maximum atomic E-state index is 14.6. The predicted octanol–water partition coefficient (Wildman–Crippen LogP) is 3.86. The van der Waals surface area contributed by atoms with Gasteiger partial charge in [0.2, 0.25) is 0 Å². The minimum atomic E-state index is -0.785. The van der Waals surface area contributed by atoms with Crippen molar-refractivity contribution in [3.8, 4) is 6.07 Å². The largest absolute Gasteiger partial charge is 0.370 e. The van der Waals surface area contributed by atoms with Gasteiger partial charge in [-0.1, -0.05) is 0 Å². The van der Waals surface area contributed by atoms with E-state index in [0.29, 0.717) is 70.9 Å². The Labute approximate surface area is 210 Å². The number of amides is 3. The maximum Gasteiger partial charge on any atom is 0.320 e. The number of nitrogens with zero attached hydrogens (tertiary/aromatic N) is 6. The van der Waals surface area contributed by atoms with Crippen molar-refractivity contribution in [2.75, 3.05) is 57.3 Å². The summed E-state index contributed by atoms with van der Waals surface area (Å²) in [5.74, 6) is -1.81. The molecule has 2 aromatic rings. The van der Waals surface area contributed by atoms with Crippen molar-refractivity contribution in [2.45, 2.75) is 33.6 Å². The van der Waals surface area contributed by atoms with Gasteiger partial charge < -0.3 is 19.6 Å². The molecule has 0 aliphatic carbocycles. The van der Waals surface area contributed by atoms with Gasteiger partial charge in [-0.05, 0) is 39.7 Å². The summed E-state index contributed by atoms with van der Waals surface area (Å²) in [5.41, 5.74) is 0.251. The highest BCUT2D eigenvalue weighted by molar-refractivity contribution is 6.07. The maximum absolute atomic E-state index is 14.6. The molecule has 3 heterocycles. The average Bonchev–Trinajstić information content (AvgIpc) is 2.89. The molecule has 1 aromatic heterocycles. The molecule has 4 rings (SSSR count). The number of carbonyl (C=O) groups is 2. The van der Waals surface area contributed by atoms with E-state index in [1.807, 2.05) is 25.7 Å². The van der Waals surface area contributed by atoms with Crippen LogP contribution in [0.4, 0.5) is 19.3 Å². The Hall–Kier alpha value is -3.48. The average molecular weight is 499 g/mol. The lowest BCUT2D eigenvalue weighted by atomic mass is 9.81. The van der Waals surface area contributed by atoms with Crippen molar-refractivity contribution in [3.63, 3.8) is 0 Å². The van der Waals surface area contributed by atoms with Gasteiger partial charge >= 0.3 is 6.03 Å². The van der Waals surface area contributed by atoms with Crippen molar-refractivity contribution < 1.29 is 18.4 Å². The fourth-order valence-electron chi connectivity index (χ4n) is 5.01. The van der Waals surface area contributed by atoms with E-state index >= 15 is 0 Å². The number of carbonyl (C=O) groups excluding carboxylic acids is 2. The zero-order valence-electron chi connectivity index (χ0n) is 21.1. The van der Waals surface area contributed by atoms with Crippen molar-refractivity contribution in [1.29, 1.82) is 5.26 Å². The van der Waals surface area contributed by atoms with Crippen LogP contribution in [0.15, 0.2) is 18.3 Å². The molecule has 2 saturated heterocycles. The first-order chi connectivity index (χ1) is 17.2. The predicted molar refractivity (Wildman–Crippen MR) is 133 cm³/mol. The minimum Gasteiger partial charge on any atom is -0.370 e. The van der Waals surface area contributed by atoms with Gasteiger partial charge in [0.25, 0.3) is 5.91 Å². The lowest BCUT2D eigenvalue weighted by molar-refractivity contribution is 0.0641. The fraction of sp³-hybridized carbons (Fsp3) is 0.538. The number of hydrogen-bond donors (Lipinski definition) is 0. The lowest BCUT2D eigenvalue weighted by Gasteiger charge is -2.39. The van der Waals surface area contributed by atoms with E-state index in [4.69, 9.17) is 0 Å². The van der Waals surface area contributed by atoms with Gasteiger partial charge in [0.15, 0.2) is 5.82 Å². The number of piperidine rings is 1. The summed E-state index contributed by atoms with van der Waals surface area (Å²) >= 11 is 0. The number of nitriles is 1. The van der Waals surface area contributed by atoms with E-state index in [1.54, 1.807) is 14.7 Å². The zero-order chi connectivity index (χ0) is 26.0. The van der Waals surface area contributed by atoms with Crippen LogP contribution in [0.2, 0.25) is 0 Å². The molecule has 2 fully saturated rings. The third kappa shape index (κ3) is 4.79. The summed E-state index contributed by atoms with van der Waals surface area (Å²) in [6, 6.07) is 4.32. The Morgan fingerprint density at radius 2 is 1.67 bits per heavy atom. The monoisotopic (exact) mass is 498 g/mol. The fourth-order valence-corrected chi connectivity index (χ4v) is 5.01. The number of fused-ring (bicyclic) bond motifs is 1. The van der Waals surface area contributed by atoms with Crippen LogP contribution in [0.3, 0.4) is 0 Å². The molecular weight excluding hydrogens is 466 g/mol. The Kier molecular flexibility index (Phi) is 7.29. The molecule has 0 N–H and O–H groups in total. The number of pyridine rings is 1. The highest BCUT2D eigenvalue weighted by atomic mass is 19.1. The van der Waals surface area contributed by atoms with Crippen LogP contribution in [0.5, 0.6) is 0 Å². The molecule has 0 spiro atoms. The topological polar surface area (TPSA) is 83.8 Å². The van der Waals surface area contributed by atoms with Gasteiger partial charge in [-0.25, -0.2) is 13.6 Å². The van der Waals surface area contributed by atoms with Crippen LogP contribution in [0.25, 0.3) is 10.9 Å². The van der Waals surface area contributed by atoms with E-state index in [1.165, 1.54) is 12.3 Å². The van der Waals surface area contributed by atoms with Crippen LogP contribution < -0.4 is 4.90 Å². The van der Waals surface area contributed by atoms with Crippen molar-refractivity contribution >= 4 is 28.5 Å².